The zero-order valence-corrected chi connectivity index (χ0v) is 23.1. The van der Waals surface area contributed by atoms with Crippen LogP contribution in [0.25, 0.3) is 10.8 Å². The van der Waals surface area contributed by atoms with Crippen molar-refractivity contribution in [2.75, 3.05) is 0 Å². The summed E-state index contributed by atoms with van der Waals surface area (Å²) < 4.78 is 32.3. The van der Waals surface area contributed by atoms with Gasteiger partial charge in [0.1, 0.15) is 10.8 Å². The summed E-state index contributed by atoms with van der Waals surface area (Å²) >= 11 is 1.54. The lowest BCUT2D eigenvalue weighted by molar-refractivity contribution is 0.466. The average molecular weight is 544 g/mol. The standard InChI is InChI=1S/C30H29N3O3S2/c1-3-24-28(27(19-31)26-14-8-10-21-9-4-7-13-25(21)26)32-30(37-22-11-5-6-12-22)33-29(24)36-38(34,35)23-17-15-20(2)16-18-23/h4,7-10,13-18,22,27H,3,5-6,11-12H2,1-2H3. The van der Waals surface area contributed by atoms with E-state index in [0.29, 0.717) is 28.1 Å². The number of benzene rings is 3. The molecule has 0 spiro atoms. The first kappa shape index (κ1) is 26.2. The van der Waals surface area contributed by atoms with Gasteiger partial charge in [0.15, 0.2) is 5.16 Å². The van der Waals surface area contributed by atoms with Crippen LogP contribution in [0.15, 0.2) is 76.8 Å². The van der Waals surface area contributed by atoms with Crippen molar-refractivity contribution >= 4 is 32.7 Å². The van der Waals surface area contributed by atoms with Gasteiger partial charge in [-0.25, -0.2) is 4.98 Å². The van der Waals surface area contributed by atoms with E-state index in [0.717, 1.165) is 47.6 Å². The van der Waals surface area contributed by atoms with Crippen molar-refractivity contribution in [3.8, 4) is 11.9 Å². The van der Waals surface area contributed by atoms with Crippen molar-refractivity contribution in [1.82, 2.24) is 9.97 Å². The second-order valence-electron chi connectivity index (χ2n) is 9.53. The van der Waals surface area contributed by atoms with Gasteiger partial charge in [-0.3, -0.25) is 0 Å². The first-order valence-corrected chi connectivity index (χ1v) is 15.1. The summed E-state index contributed by atoms with van der Waals surface area (Å²) in [5, 5.41) is 13.2. The van der Waals surface area contributed by atoms with E-state index in [4.69, 9.17) is 9.17 Å². The highest BCUT2D eigenvalue weighted by molar-refractivity contribution is 7.99. The molecule has 1 unspecified atom stereocenters. The molecule has 1 fully saturated rings. The average Bonchev–Trinajstić information content (AvgIpc) is 3.42. The third-order valence-corrected chi connectivity index (χ3v) is 9.37. The van der Waals surface area contributed by atoms with E-state index in [-0.39, 0.29) is 10.8 Å². The molecule has 0 bridgehead atoms. The van der Waals surface area contributed by atoms with E-state index in [1.54, 1.807) is 23.9 Å². The monoisotopic (exact) mass is 543 g/mol. The van der Waals surface area contributed by atoms with Crippen LogP contribution in [0, 0.1) is 18.3 Å². The molecule has 1 aromatic heterocycles. The highest BCUT2D eigenvalue weighted by Gasteiger charge is 2.29. The van der Waals surface area contributed by atoms with Gasteiger partial charge >= 0.3 is 10.1 Å². The summed E-state index contributed by atoms with van der Waals surface area (Å²) in [6, 6.07) is 22.8. The van der Waals surface area contributed by atoms with E-state index in [1.807, 2.05) is 56.3 Å². The van der Waals surface area contributed by atoms with Gasteiger partial charge < -0.3 is 4.18 Å². The van der Waals surface area contributed by atoms with E-state index in [2.05, 4.69) is 11.1 Å². The molecule has 1 saturated carbocycles. The van der Waals surface area contributed by atoms with Gasteiger partial charge in [-0.2, -0.15) is 18.7 Å². The molecule has 1 heterocycles. The Morgan fingerprint density at radius 2 is 1.74 bits per heavy atom. The Hall–Kier alpha value is -3.41. The van der Waals surface area contributed by atoms with Crippen LogP contribution < -0.4 is 4.18 Å². The Balaban J connectivity index is 1.65. The fourth-order valence-corrected chi connectivity index (χ4v) is 7.01. The molecule has 0 saturated heterocycles. The lowest BCUT2D eigenvalue weighted by atomic mass is 9.89. The minimum atomic E-state index is -4.14. The highest BCUT2D eigenvalue weighted by atomic mass is 32.2. The van der Waals surface area contributed by atoms with E-state index < -0.39 is 16.0 Å². The van der Waals surface area contributed by atoms with E-state index in [1.165, 1.54) is 12.1 Å². The van der Waals surface area contributed by atoms with Crippen LogP contribution >= 0.6 is 11.8 Å². The molecule has 0 radical (unpaired) electrons. The second-order valence-corrected chi connectivity index (χ2v) is 12.3. The lowest BCUT2D eigenvalue weighted by Gasteiger charge is -2.19. The zero-order valence-electron chi connectivity index (χ0n) is 21.4. The smallest absolute Gasteiger partial charge is 0.340 e. The summed E-state index contributed by atoms with van der Waals surface area (Å²) in [5.41, 5.74) is 2.79. The third-order valence-electron chi connectivity index (χ3n) is 6.94. The van der Waals surface area contributed by atoms with Gasteiger partial charge in [-0.05, 0) is 54.7 Å². The molecule has 4 aromatic rings. The minimum absolute atomic E-state index is 0.000872. The van der Waals surface area contributed by atoms with Gasteiger partial charge in [0.25, 0.3) is 0 Å². The van der Waals surface area contributed by atoms with Crippen LogP contribution in [0.5, 0.6) is 5.88 Å². The molecule has 0 N–H and O–H groups in total. The first-order valence-electron chi connectivity index (χ1n) is 12.9. The molecule has 194 valence electrons. The van der Waals surface area contributed by atoms with Crippen molar-refractivity contribution < 1.29 is 12.6 Å². The summed E-state index contributed by atoms with van der Waals surface area (Å²) in [5.74, 6) is -0.717. The summed E-state index contributed by atoms with van der Waals surface area (Å²) in [6.07, 6.45) is 4.83. The van der Waals surface area contributed by atoms with Gasteiger partial charge in [-0.1, -0.05) is 91.7 Å². The SMILES string of the molecule is CCc1c(OS(=O)(=O)c2ccc(C)cc2)nc(SC2CCCC2)nc1C(C#N)c1cccc2ccccc12. The quantitative estimate of drug-likeness (QED) is 0.175. The number of fused-ring (bicyclic) bond motifs is 1. The molecule has 38 heavy (non-hydrogen) atoms. The summed E-state index contributed by atoms with van der Waals surface area (Å²) in [7, 11) is -4.14. The number of aromatic nitrogens is 2. The molecule has 0 aliphatic heterocycles. The van der Waals surface area contributed by atoms with Crippen molar-refractivity contribution in [1.29, 1.82) is 5.26 Å². The molecule has 3 aromatic carbocycles. The summed E-state index contributed by atoms with van der Waals surface area (Å²) in [4.78, 5) is 9.56. The molecular formula is C30H29N3O3S2. The largest absolute Gasteiger partial charge is 0.358 e. The Morgan fingerprint density at radius 3 is 2.45 bits per heavy atom. The van der Waals surface area contributed by atoms with Gasteiger partial charge in [0, 0.05) is 10.8 Å². The highest BCUT2D eigenvalue weighted by Crippen LogP contribution is 2.39. The molecular weight excluding hydrogens is 514 g/mol. The topological polar surface area (TPSA) is 92.9 Å². The predicted octanol–water partition coefficient (Wildman–Crippen LogP) is 6.96. The maximum Gasteiger partial charge on any atom is 0.340 e. The minimum Gasteiger partial charge on any atom is -0.358 e. The number of nitriles is 1. The van der Waals surface area contributed by atoms with Crippen LogP contribution in [0.3, 0.4) is 0 Å². The number of thioether (sulfide) groups is 1. The lowest BCUT2D eigenvalue weighted by Crippen LogP contribution is -2.16. The second kappa shape index (κ2) is 11.1. The van der Waals surface area contributed by atoms with Gasteiger partial charge in [0.2, 0.25) is 5.88 Å². The van der Waals surface area contributed by atoms with Crippen molar-refractivity contribution in [3.63, 3.8) is 0 Å². The number of hydrogen-bond acceptors (Lipinski definition) is 7. The Bertz CT molecular complexity index is 1600. The number of nitrogens with zero attached hydrogens (tertiary/aromatic N) is 3. The number of rotatable bonds is 8. The Labute approximate surface area is 228 Å². The molecule has 1 atom stereocenters. The van der Waals surface area contributed by atoms with Crippen LogP contribution in [0.4, 0.5) is 0 Å². The maximum absolute atomic E-state index is 13.3. The molecule has 1 aliphatic rings. The van der Waals surface area contributed by atoms with E-state index >= 15 is 0 Å². The molecule has 1 aliphatic carbocycles. The van der Waals surface area contributed by atoms with Gasteiger partial charge in [-0.15, -0.1) is 0 Å². The normalized spacial score (nSPS) is 14.9. The van der Waals surface area contributed by atoms with E-state index in [9.17, 15) is 13.7 Å². The van der Waals surface area contributed by atoms with Gasteiger partial charge in [0.05, 0.1) is 11.8 Å². The fraction of sp³-hybridized carbons (Fsp3) is 0.300. The Morgan fingerprint density at radius 1 is 1.03 bits per heavy atom. The van der Waals surface area contributed by atoms with Crippen molar-refractivity contribution in [3.05, 3.63) is 89.1 Å². The van der Waals surface area contributed by atoms with Crippen molar-refractivity contribution in [2.45, 2.75) is 67.2 Å². The fourth-order valence-electron chi connectivity index (χ4n) is 4.94. The third kappa shape index (κ3) is 5.40. The Kier molecular flexibility index (Phi) is 7.68. The van der Waals surface area contributed by atoms with Crippen LogP contribution in [0.1, 0.15) is 60.9 Å². The molecule has 5 rings (SSSR count). The van der Waals surface area contributed by atoms with Crippen LogP contribution in [-0.4, -0.2) is 23.6 Å². The van der Waals surface area contributed by atoms with Crippen LogP contribution in [0.2, 0.25) is 0 Å². The summed E-state index contributed by atoms with van der Waals surface area (Å²) in [6.45, 7) is 3.79. The molecule has 8 heteroatoms. The predicted molar refractivity (Wildman–Crippen MR) is 150 cm³/mol. The van der Waals surface area contributed by atoms with Crippen molar-refractivity contribution in [2.24, 2.45) is 0 Å². The maximum atomic E-state index is 13.3. The zero-order chi connectivity index (χ0) is 26.7. The van der Waals surface area contributed by atoms with Crippen LogP contribution in [-0.2, 0) is 16.5 Å². The molecule has 0 amide bonds. The number of aryl methyl sites for hydroxylation is 1. The number of hydrogen-bond donors (Lipinski definition) is 0. The first-order chi connectivity index (χ1) is 18.4. The molecule has 6 nitrogen and oxygen atoms in total.